The molecular formula is C15H14N2O3. The van der Waals surface area contributed by atoms with Crippen LogP contribution in [-0.2, 0) is 9.63 Å². The molecule has 0 aliphatic carbocycles. The van der Waals surface area contributed by atoms with Gasteiger partial charge in [-0.3, -0.25) is 4.98 Å². The zero-order chi connectivity index (χ0) is 14.7. The summed E-state index contributed by atoms with van der Waals surface area (Å²) in [6, 6.07) is 9.09. The fraction of sp³-hybridized carbons (Fsp3) is 0.0667. The zero-order valence-corrected chi connectivity index (χ0v) is 11.0. The average molecular weight is 270 g/mol. The molecule has 2 aromatic rings. The molecule has 3 N–H and O–H groups in total. The fourth-order valence-corrected chi connectivity index (χ4v) is 2.05. The monoisotopic (exact) mass is 270 g/mol. The van der Waals surface area contributed by atoms with Crippen molar-refractivity contribution in [3.05, 3.63) is 60.0 Å². The first-order valence-corrected chi connectivity index (χ1v) is 5.90. The second-order valence-electron chi connectivity index (χ2n) is 4.21. The van der Waals surface area contributed by atoms with E-state index in [-0.39, 0.29) is 11.3 Å². The average Bonchev–Trinajstić information content (AvgIpc) is 2.46. The number of pyridine rings is 1. The molecule has 1 aromatic heterocycles. The van der Waals surface area contributed by atoms with Crippen molar-refractivity contribution in [3.8, 4) is 0 Å². The third-order valence-electron chi connectivity index (χ3n) is 3.02. The predicted octanol–water partition coefficient (Wildman–Crippen LogP) is 2.50. The van der Waals surface area contributed by atoms with Crippen molar-refractivity contribution < 1.29 is 14.7 Å². The Morgan fingerprint density at radius 2 is 2.10 bits per heavy atom. The number of nitrogens with two attached hydrogens (primary N) is 1. The molecule has 0 aliphatic heterocycles. The molecule has 0 radical (unpaired) electrons. The van der Waals surface area contributed by atoms with Crippen molar-refractivity contribution in [2.45, 2.75) is 6.92 Å². The van der Waals surface area contributed by atoms with Crippen LogP contribution in [0.25, 0.3) is 16.5 Å². The Kier molecular flexibility index (Phi) is 3.81. The lowest BCUT2D eigenvalue weighted by Gasteiger charge is -2.12. The first-order chi connectivity index (χ1) is 9.56. The Morgan fingerprint density at radius 3 is 2.75 bits per heavy atom. The number of allylic oxidation sites excluding steroid dienone is 1. The molecule has 0 saturated heterocycles. The molecule has 0 spiro atoms. The van der Waals surface area contributed by atoms with Gasteiger partial charge in [0, 0.05) is 11.6 Å². The van der Waals surface area contributed by atoms with E-state index in [9.17, 15) is 9.90 Å². The Balaban J connectivity index is 2.65. The number of hydrogen-bond acceptors (Lipinski definition) is 4. The Hall–Kier alpha value is -2.66. The van der Waals surface area contributed by atoms with Crippen molar-refractivity contribution in [2.75, 3.05) is 0 Å². The molecule has 0 bridgehead atoms. The van der Waals surface area contributed by atoms with Gasteiger partial charge in [-0.15, -0.1) is 0 Å². The van der Waals surface area contributed by atoms with Gasteiger partial charge >= 0.3 is 5.97 Å². The third kappa shape index (κ3) is 2.39. The third-order valence-corrected chi connectivity index (χ3v) is 3.02. The van der Waals surface area contributed by atoms with E-state index in [4.69, 9.17) is 5.90 Å². The summed E-state index contributed by atoms with van der Waals surface area (Å²) < 4.78 is 0. The van der Waals surface area contributed by atoms with Crippen LogP contribution in [0.1, 0.15) is 12.5 Å². The summed E-state index contributed by atoms with van der Waals surface area (Å²) in [5, 5.41) is 10.1. The van der Waals surface area contributed by atoms with E-state index >= 15 is 0 Å². The molecule has 2 rings (SSSR count). The first-order valence-electron chi connectivity index (χ1n) is 5.90. The van der Waals surface area contributed by atoms with Crippen LogP contribution in [0.2, 0.25) is 0 Å². The molecule has 102 valence electrons. The number of carboxylic acid groups (broad SMARTS) is 1. The van der Waals surface area contributed by atoms with Gasteiger partial charge in [0.25, 0.3) is 0 Å². The number of aliphatic carboxylic acids is 1. The molecule has 0 unspecified atom stereocenters. The fourth-order valence-electron chi connectivity index (χ4n) is 2.05. The number of carboxylic acids is 1. The van der Waals surface area contributed by atoms with E-state index in [1.54, 1.807) is 24.4 Å². The lowest BCUT2D eigenvalue weighted by atomic mass is 9.95. The molecule has 5 nitrogen and oxygen atoms in total. The molecule has 0 fully saturated rings. The molecule has 0 amide bonds. The Bertz CT molecular complexity index is 715. The van der Waals surface area contributed by atoms with Crippen LogP contribution >= 0.6 is 0 Å². The topological polar surface area (TPSA) is 85.4 Å². The Labute approximate surface area is 116 Å². The first kappa shape index (κ1) is 13.8. The summed E-state index contributed by atoms with van der Waals surface area (Å²) in [4.78, 5) is 20.2. The lowest BCUT2D eigenvalue weighted by molar-refractivity contribution is -0.132. The van der Waals surface area contributed by atoms with Crippen LogP contribution in [0.3, 0.4) is 0 Å². The summed E-state index contributed by atoms with van der Waals surface area (Å²) in [6.07, 6.45) is 1.68. The normalized spacial score (nSPS) is 11.9. The molecule has 1 heterocycles. The molecule has 0 aliphatic rings. The predicted molar refractivity (Wildman–Crippen MR) is 76.4 cm³/mol. The van der Waals surface area contributed by atoms with E-state index in [2.05, 4.69) is 16.4 Å². The van der Waals surface area contributed by atoms with E-state index in [1.807, 2.05) is 12.1 Å². The van der Waals surface area contributed by atoms with Crippen LogP contribution in [0.4, 0.5) is 0 Å². The zero-order valence-electron chi connectivity index (χ0n) is 11.0. The largest absolute Gasteiger partial charge is 0.478 e. The molecule has 5 heteroatoms. The van der Waals surface area contributed by atoms with Gasteiger partial charge in [0.1, 0.15) is 11.3 Å². The van der Waals surface area contributed by atoms with Crippen LogP contribution in [0, 0.1) is 0 Å². The van der Waals surface area contributed by atoms with E-state index in [1.165, 1.54) is 6.92 Å². The molecule has 20 heavy (non-hydrogen) atoms. The van der Waals surface area contributed by atoms with Crippen LogP contribution in [0.15, 0.2) is 54.4 Å². The molecule has 1 aromatic carbocycles. The van der Waals surface area contributed by atoms with Crippen molar-refractivity contribution >= 4 is 22.4 Å². The molecular weight excluding hydrogens is 256 g/mol. The van der Waals surface area contributed by atoms with Gasteiger partial charge in [-0.1, -0.05) is 24.8 Å². The van der Waals surface area contributed by atoms with E-state index in [0.29, 0.717) is 11.1 Å². The second kappa shape index (κ2) is 5.54. The maximum Gasteiger partial charge on any atom is 0.339 e. The van der Waals surface area contributed by atoms with Crippen molar-refractivity contribution in [1.29, 1.82) is 0 Å². The number of fused-ring (bicyclic) bond motifs is 1. The molecule has 0 saturated carbocycles. The van der Waals surface area contributed by atoms with Crippen molar-refractivity contribution in [1.82, 2.24) is 4.98 Å². The Morgan fingerprint density at radius 1 is 1.35 bits per heavy atom. The van der Waals surface area contributed by atoms with Gasteiger partial charge < -0.3 is 9.94 Å². The standard InChI is InChI=1S/C15H14N2O3/c1-9(14(15(18)19)10(2)20-16)11-5-3-7-13-12(11)6-4-8-17-13/h3-8H,1,16H2,2H3,(H,18,19)/b14-10+. The second-order valence-corrected chi connectivity index (χ2v) is 4.21. The highest BCUT2D eigenvalue weighted by Gasteiger charge is 2.19. The lowest BCUT2D eigenvalue weighted by Crippen LogP contribution is -2.09. The highest BCUT2D eigenvalue weighted by Crippen LogP contribution is 2.29. The van der Waals surface area contributed by atoms with Crippen LogP contribution in [0.5, 0.6) is 0 Å². The van der Waals surface area contributed by atoms with Gasteiger partial charge in [0.2, 0.25) is 0 Å². The highest BCUT2D eigenvalue weighted by atomic mass is 16.6. The quantitative estimate of drug-likeness (QED) is 0.386. The van der Waals surface area contributed by atoms with Crippen LogP contribution < -0.4 is 5.90 Å². The minimum Gasteiger partial charge on any atom is -0.478 e. The maximum atomic E-state index is 11.4. The summed E-state index contributed by atoms with van der Waals surface area (Å²) in [6.45, 7) is 5.35. The summed E-state index contributed by atoms with van der Waals surface area (Å²) >= 11 is 0. The maximum absolute atomic E-state index is 11.4. The minimum atomic E-state index is -1.14. The van der Waals surface area contributed by atoms with Gasteiger partial charge in [-0.25, -0.2) is 4.79 Å². The summed E-state index contributed by atoms with van der Waals surface area (Å²) in [5.74, 6) is 4.02. The number of aromatic nitrogens is 1. The SMILES string of the molecule is C=C(/C(C(=O)O)=C(/C)ON)c1cccc2ncccc12. The van der Waals surface area contributed by atoms with Crippen LogP contribution in [-0.4, -0.2) is 16.1 Å². The van der Waals surface area contributed by atoms with Gasteiger partial charge in [0.05, 0.1) is 5.52 Å². The number of nitrogens with zero attached hydrogens (tertiary/aromatic N) is 1. The van der Waals surface area contributed by atoms with Crippen molar-refractivity contribution in [2.24, 2.45) is 5.90 Å². The highest BCUT2D eigenvalue weighted by molar-refractivity contribution is 6.09. The number of carbonyl (C=O) groups is 1. The van der Waals surface area contributed by atoms with Gasteiger partial charge in [-0.2, -0.15) is 5.90 Å². The number of rotatable bonds is 4. The summed E-state index contributed by atoms with van der Waals surface area (Å²) in [5.41, 5.74) is 1.73. The number of hydrogen-bond donors (Lipinski definition) is 2. The van der Waals surface area contributed by atoms with E-state index in [0.717, 1.165) is 10.9 Å². The smallest absolute Gasteiger partial charge is 0.339 e. The number of benzene rings is 1. The van der Waals surface area contributed by atoms with E-state index < -0.39 is 5.97 Å². The minimum absolute atomic E-state index is 0.0520. The summed E-state index contributed by atoms with van der Waals surface area (Å²) in [7, 11) is 0. The van der Waals surface area contributed by atoms with Gasteiger partial charge in [0.15, 0.2) is 0 Å². The van der Waals surface area contributed by atoms with Crippen molar-refractivity contribution in [3.63, 3.8) is 0 Å². The molecule has 0 atom stereocenters. The van der Waals surface area contributed by atoms with Gasteiger partial charge in [-0.05, 0) is 30.2 Å².